The molecule has 9 nitrogen and oxygen atoms in total. The summed E-state index contributed by atoms with van der Waals surface area (Å²) in [4.78, 5) is 12.8. The second-order valence-corrected chi connectivity index (χ2v) is 9.40. The van der Waals surface area contributed by atoms with Gasteiger partial charge in [-0.1, -0.05) is 17.4 Å². The first kappa shape index (κ1) is 22.5. The van der Waals surface area contributed by atoms with Gasteiger partial charge in [0.15, 0.2) is 0 Å². The molecule has 1 aromatic heterocycles. The van der Waals surface area contributed by atoms with Crippen molar-refractivity contribution in [1.29, 1.82) is 0 Å². The fourth-order valence-electron chi connectivity index (χ4n) is 2.89. The largest absolute Gasteiger partial charge is 0.497 e. The van der Waals surface area contributed by atoms with Crippen LogP contribution >= 0.6 is 11.3 Å². The van der Waals surface area contributed by atoms with Gasteiger partial charge in [0.25, 0.3) is 0 Å². The number of carbonyl (C=O) groups is 1. The van der Waals surface area contributed by atoms with Gasteiger partial charge >= 0.3 is 0 Å². The third-order valence-corrected chi connectivity index (χ3v) is 6.52. The van der Waals surface area contributed by atoms with E-state index < -0.39 is 22.0 Å². The van der Waals surface area contributed by atoms with Crippen LogP contribution in [0.4, 0.5) is 10.8 Å². The number of carbonyl (C=O) groups excluding carboxylic acids is 1. The topological polar surface area (TPSA) is 111 Å². The van der Waals surface area contributed by atoms with Crippen LogP contribution in [-0.4, -0.2) is 51.0 Å². The van der Waals surface area contributed by atoms with Gasteiger partial charge in [0.05, 0.1) is 26.2 Å². The Hall–Kier alpha value is -3.18. The fourth-order valence-corrected chi connectivity index (χ4v) is 4.81. The molecule has 2 aromatic carbocycles. The lowest BCUT2D eigenvalue weighted by Crippen LogP contribution is -2.45. The SMILES string of the molecule is COc1ccc(-c2nnc(NC(=O)[C@H](C)N(c3cccc(OC)c3)S(C)(=O)=O)s2)cc1. The number of methoxy groups -OCH3 is 2. The summed E-state index contributed by atoms with van der Waals surface area (Å²) in [5.74, 6) is 0.659. The number of rotatable bonds is 8. The second kappa shape index (κ2) is 9.31. The third-order valence-electron chi connectivity index (χ3n) is 4.39. The van der Waals surface area contributed by atoms with Crippen molar-refractivity contribution in [3.63, 3.8) is 0 Å². The van der Waals surface area contributed by atoms with Crippen LogP contribution < -0.4 is 19.1 Å². The molecule has 0 aliphatic carbocycles. The molecule has 0 fully saturated rings. The lowest BCUT2D eigenvalue weighted by molar-refractivity contribution is -0.116. The molecule has 1 heterocycles. The molecule has 3 rings (SSSR count). The maximum absolute atomic E-state index is 12.8. The Balaban J connectivity index is 1.80. The first-order valence-electron chi connectivity index (χ1n) is 9.15. The number of hydrogen-bond donors (Lipinski definition) is 1. The van der Waals surface area contributed by atoms with Gasteiger partial charge in [0.1, 0.15) is 22.5 Å². The van der Waals surface area contributed by atoms with Crippen LogP contribution in [0.1, 0.15) is 6.92 Å². The number of nitrogens with zero attached hydrogens (tertiary/aromatic N) is 3. The molecule has 0 spiro atoms. The van der Waals surface area contributed by atoms with E-state index in [9.17, 15) is 13.2 Å². The lowest BCUT2D eigenvalue weighted by Gasteiger charge is -2.28. The number of amides is 1. The van der Waals surface area contributed by atoms with E-state index in [1.807, 2.05) is 12.1 Å². The zero-order chi connectivity index (χ0) is 22.6. The van der Waals surface area contributed by atoms with Gasteiger partial charge in [-0.15, -0.1) is 10.2 Å². The summed E-state index contributed by atoms with van der Waals surface area (Å²) >= 11 is 1.18. The number of hydrogen-bond acceptors (Lipinski definition) is 8. The van der Waals surface area contributed by atoms with Crippen molar-refractivity contribution in [3.05, 3.63) is 48.5 Å². The van der Waals surface area contributed by atoms with E-state index in [-0.39, 0.29) is 5.13 Å². The van der Waals surface area contributed by atoms with E-state index >= 15 is 0 Å². The highest BCUT2D eigenvalue weighted by Gasteiger charge is 2.30. The highest BCUT2D eigenvalue weighted by molar-refractivity contribution is 7.92. The minimum absolute atomic E-state index is 0.266. The summed E-state index contributed by atoms with van der Waals surface area (Å²) in [5, 5.41) is 11.6. The molecule has 0 radical (unpaired) electrons. The van der Waals surface area contributed by atoms with Crippen LogP contribution in [-0.2, 0) is 14.8 Å². The molecule has 1 N–H and O–H groups in total. The Morgan fingerprint density at radius 1 is 1.06 bits per heavy atom. The van der Waals surface area contributed by atoms with Gasteiger partial charge in [0.2, 0.25) is 21.1 Å². The minimum atomic E-state index is -3.75. The van der Waals surface area contributed by atoms with Crippen molar-refractivity contribution in [2.75, 3.05) is 30.1 Å². The van der Waals surface area contributed by atoms with Gasteiger partial charge < -0.3 is 9.47 Å². The zero-order valence-corrected chi connectivity index (χ0v) is 19.0. The molecule has 0 aliphatic heterocycles. The molecule has 11 heteroatoms. The van der Waals surface area contributed by atoms with E-state index in [4.69, 9.17) is 9.47 Å². The van der Waals surface area contributed by atoms with E-state index in [0.717, 1.165) is 16.1 Å². The Bertz CT molecular complexity index is 1160. The molecule has 0 unspecified atom stereocenters. The van der Waals surface area contributed by atoms with Crippen molar-refractivity contribution in [3.8, 4) is 22.1 Å². The molecule has 31 heavy (non-hydrogen) atoms. The molecule has 164 valence electrons. The Labute approximate surface area is 184 Å². The van der Waals surface area contributed by atoms with Gasteiger partial charge in [-0.25, -0.2) is 8.42 Å². The third kappa shape index (κ3) is 5.30. The molecule has 0 saturated carbocycles. The molecule has 0 bridgehead atoms. The van der Waals surface area contributed by atoms with Crippen molar-refractivity contribution in [1.82, 2.24) is 10.2 Å². The summed E-state index contributed by atoms with van der Waals surface area (Å²) in [6.07, 6.45) is 1.04. The first-order valence-corrected chi connectivity index (χ1v) is 11.8. The summed E-state index contributed by atoms with van der Waals surface area (Å²) in [6.45, 7) is 1.50. The van der Waals surface area contributed by atoms with Gasteiger partial charge in [-0.3, -0.25) is 14.4 Å². The lowest BCUT2D eigenvalue weighted by atomic mass is 10.2. The summed E-state index contributed by atoms with van der Waals surface area (Å²) in [6, 6.07) is 12.7. The van der Waals surface area contributed by atoms with Crippen LogP contribution in [0, 0.1) is 0 Å². The standard InChI is InChI=1S/C20H22N4O5S2/c1-13(24(31(4,26)27)15-6-5-7-17(12-15)29-3)18(25)21-20-23-22-19(30-20)14-8-10-16(28-2)11-9-14/h5-13H,1-4H3,(H,21,23,25)/t13-/m0/s1. The van der Waals surface area contributed by atoms with Crippen LogP contribution in [0.15, 0.2) is 48.5 Å². The summed E-state index contributed by atoms with van der Waals surface area (Å²) in [5.41, 5.74) is 1.14. The number of ether oxygens (including phenoxy) is 2. The van der Waals surface area contributed by atoms with Gasteiger partial charge in [-0.05, 0) is 43.3 Å². The predicted octanol–water partition coefficient (Wildman–Crippen LogP) is 3.02. The maximum Gasteiger partial charge on any atom is 0.249 e. The average Bonchev–Trinajstić information content (AvgIpc) is 3.21. The highest BCUT2D eigenvalue weighted by Crippen LogP contribution is 2.29. The van der Waals surface area contributed by atoms with Crippen LogP contribution in [0.3, 0.4) is 0 Å². The second-order valence-electron chi connectivity index (χ2n) is 6.57. The molecular formula is C20H22N4O5S2. The number of benzene rings is 2. The quantitative estimate of drug-likeness (QED) is 0.548. The Kier molecular flexibility index (Phi) is 6.76. The van der Waals surface area contributed by atoms with E-state index in [1.54, 1.807) is 43.5 Å². The van der Waals surface area contributed by atoms with E-state index in [0.29, 0.717) is 22.2 Å². The van der Waals surface area contributed by atoms with Gasteiger partial charge in [0, 0.05) is 11.6 Å². The first-order chi connectivity index (χ1) is 14.7. The van der Waals surface area contributed by atoms with Crippen molar-refractivity contribution >= 4 is 38.1 Å². The average molecular weight is 463 g/mol. The minimum Gasteiger partial charge on any atom is -0.497 e. The molecule has 1 atom stereocenters. The summed E-state index contributed by atoms with van der Waals surface area (Å²) in [7, 11) is -0.686. The monoisotopic (exact) mass is 462 g/mol. The van der Waals surface area contributed by atoms with Crippen molar-refractivity contribution in [2.24, 2.45) is 0 Å². The van der Waals surface area contributed by atoms with Crippen LogP contribution in [0.5, 0.6) is 11.5 Å². The fraction of sp³-hybridized carbons (Fsp3) is 0.250. The zero-order valence-electron chi connectivity index (χ0n) is 17.4. The number of anilines is 2. The van der Waals surface area contributed by atoms with E-state index in [2.05, 4.69) is 15.5 Å². The molecule has 1 amide bonds. The molecular weight excluding hydrogens is 440 g/mol. The van der Waals surface area contributed by atoms with E-state index in [1.165, 1.54) is 25.4 Å². The summed E-state index contributed by atoms with van der Waals surface area (Å²) < 4.78 is 36.2. The Morgan fingerprint density at radius 2 is 1.74 bits per heavy atom. The number of aromatic nitrogens is 2. The molecule has 0 aliphatic rings. The highest BCUT2D eigenvalue weighted by atomic mass is 32.2. The van der Waals surface area contributed by atoms with Gasteiger partial charge in [-0.2, -0.15) is 0 Å². The molecule has 0 saturated heterocycles. The normalized spacial score (nSPS) is 12.1. The van der Waals surface area contributed by atoms with Crippen molar-refractivity contribution in [2.45, 2.75) is 13.0 Å². The Morgan fingerprint density at radius 3 is 2.35 bits per heavy atom. The van der Waals surface area contributed by atoms with Crippen molar-refractivity contribution < 1.29 is 22.7 Å². The molecule has 3 aromatic rings. The van der Waals surface area contributed by atoms with Crippen LogP contribution in [0.25, 0.3) is 10.6 Å². The predicted molar refractivity (Wildman–Crippen MR) is 120 cm³/mol. The van der Waals surface area contributed by atoms with Crippen LogP contribution in [0.2, 0.25) is 0 Å². The number of sulfonamides is 1. The maximum atomic E-state index is 12.8. The smallest absolute Gasteiger partial charge is 0.249 e. The number of nitrogens with one attached hydrogen (secondary N) is 1.